The first kappa shape index (κ1) is 8.20. The minimum Gasteiger partial charge on any atom is -0.381 e. The molecule has 0 aromatic carbocycles. The minimum absolute atomic E-state index is 0.181. The molecule has 0 unspecified atom stereocenters. The van der Waals surface area contributed by atoms with E-state index in [1.807, 2.05) is 0 Å². The van der Waals surface area contributed by atoms with Crippen LogP contribution in [0, 0.1) is 11.8 Å². The molecule has 4 atom stereocenters. The van der Waals surface area contributed by atoms with Gasteiger partial charge in [-0.25, -0.2) is 0 Å². The average molecular weight is 170 g/mol. The smallest absolute Gasteiger partial charge is 0.144 e. The fourth-order valence-corrected chi connectivity index (χ4v) is 1.74. The van der Waals surface area contributed by atoms with Crippen LogP contribution in [-0.4, -0.2) is 32.2 Å². The molecule has 2 aliphatic carbocycles. The Hall–Kier alpha value is -0.410. The summed E-state index contributed by atoms with van der Waals surface area (Å²) in [4.78, 5) is 11.5. The molecule has 2 fully saturated rings. The largest absolute Gasteiger partial charge is 0.381 e. The Morgan fingerprint density at radius 2 is 1.50 bits per heavy atom. The van der Waals surface area contributed by atoms with Crippen LogP contribution in [0.3, 0.4) is 0 Å². The molecule has 0 N–H and O–H groups in total. The first-order chi connectivity index (χ1) is 5.77. The molecule has 68 valence electrons. The van der Waals surface area contributed by atoms with Crippen LogP contribution in [0.1, 0.15) is 12.8 Å². The van der Waals surface area contributed by atoms with Crippen molar-refractivity contribution < 1.29 is 14.3 Å². The zero-order valence-electron chi connectivity index (χ0n) is 7.45. The van der Waals surface area contributed by atoms with E-state index in [1.165, 1.54) is 0 Å². The van der Waals surface area contributed by atoms with Gasteiger partial charge < -0.3 is 9.47 Å². The molecule has 3 heteroatoms. The lowest BCUT2D eigenvalue weighted by Crippen LogP contribution is -2.10. The molecule has 0 bridgehead atoms. The van der Waals surface area contributed by atoms with E-state index in [2.05, 4.69) is 0 Å². The van der Waals surface area contributed by atoms with E-state index in [1.54, 1.807) is 14.2 Å². The third kappa shape index (κ3) is 1.27. The summed E-state index contributed by atoms with van der Waals surface area (Å²) in [5.41, 5.74) is 0. The quantitative estimate of drug-likeness (QED) is 0.620. The molecule has 0 aromatic heterocycles. The molecular formula is C9H14O3. The van der Waals surface area contributed by atoms with Crippen LogP contribution in [0.4, 0.5) is 0 Å². The van der Waals surface area contributed by atoms with Gasteiger partial charge in [0.1, 0.15) is 5.78 Å². The molecule has 0 radical (unpaired) electrons. The number of Topliss-reactive ketones (excluding diaryl/α,β-unsaturated/α-hetero) is 1. The lowest BCUT2D eigenvalue weighted by molar-refractivity contribution is -0.123. The third-order valence-corrected chi connectivity index (χ3v) is 2.80. The Balaban J connectivity index is 1.80. The van der Waals surface area contributed by atoms with Crippen molar-refractivity contribution in [3.05, 3.63) is 0 Å². The fourth-order valence-electron chi connectivity index (χ4n) is 1.74. The first-order valence-corrected chi connectivity index (χ1v) is 4.37. The Morgan fingerprint density at radius 1 is 1.08 bits per heavy atom. The predicted molar refractivity (Wildman–Crippen MR) is 42.8 cm³/mol. The SMILES string of the molecule is CO[C@@H]1C[C@H]1C(=O)[C@@H]1C[C@H]1OC. The normalized spacial score (nSPS) is 44.2. The van der Waals surface area contributed by atoms with Crippen LogP contribution in [-0.2, 0) is 14.3 Å². The number of ether oxygens (including phenoxy) is 2. The second-order valence-corrected chi connectivity index (χ2v) is 3.64. The number of carbonyl (C=O) groups is 1. The van der Waals surface area contributed by atoms with Gasteiger partial charge in [0.2, 0.25) is 0 Å². The standard InChI is InChI=1S/C9H14O3/c1-11-7-3-5(7)9(10)6-4-8(6)12-2/h5-8H,3-4H2,1-2H3/t5-,6-,7-,8-/m1/s1. The van der Waals surface area contributed by atoms with Crippen LogP contribution in [0.15, 0.2) is 0 Å². The molecule has 2 aliphatic rings. The van der Waals surface area contributed by atoms with Gasteiger partial charge in [0.25, 0.3) is 0 Å². The maximum atomic E-state index is 11.5. The highest BCUT2D eigenvalue weighted by Gasteiger charge is 2.53. The zero-order valence-corrected chi connectivity index (χ0v) is 7.45. The maximum absolute atomic E-state index is 11.5. The summed E-state index contributed by atoms with van der Waals surface area (Å²) in [5.74, 6) is 0.717. The number of methoxy groups -OCH3 is 2. The highest BCUT2D eigenvalue weighted by Crippen LogP contribution is 2.44. The monoisotopic (exact) mass is 170 g/mol. The highest BCUT2D eigenvalue weighted by molar-refractivity contribution is 5.89. The van der Waals surface area contributed by atoms with Gasteiger partial charge in [-0.2, -0.15) is 0 Å². The van der Waals surface area contributed by atoms with Gasteiger partial charge in [-0.05, 0) is 12.8 Å². The van der Waals surface area contributed by atoms with Gasteiger partial charge in [0.05, 0.1) is 12.2 Å². The lowest BCUT2D eigenvalue weighted by Gasteiger charge is -1.97. The Morgan fingerprint density at radius 3 is 1.75 bits per heavy atom. The molecule has 0 heterocycles. The Kier molecular flexibility index (Phi) is 1.93. The summed E-state index contributed by atoms with van der Waals surface area (Å²) in [5, 5.41) is 0. The van der Waals surface area contributed by atoms with E-state index < -0.39 is 0 Å². The summed E-state index contributed by atoms with van der Waals surface area (Å²) in [6.45, 7) is 0. The van der Waals surface area contributed by atoms with Crippen LogP contribution < -0.4 is 0 Å². The Labute approximate surface area is 72.0 Å². The van der Waals surface area contributed by atoms with E-state index in [-0.39, 0.29) is 24.0 Å². The van der Waals surface area contributed by atoms with Crippen LogP contribution in [0.5, 0.6) is 0 Å². The minimum atomic E-state index is 0.181. The number of carbonyl (C=O) groups excluding carboxylic acids is 1. The molecule has 0 saturated heterocycles. The average Bonchev–Trinajstić information content (AvgIpc) is 2.98. The van der Waals surface area contributed by atoms with Crippen molar-refractivity contribution in [2.24, 2.45) is 11.8 Å². The van der Waals surface area contributed by atoms with Crippen molar-refractivity contribution >= 4 is 5.78 Å². The highest BCUT2D eigenvalue weighted by atomic mass is 16.5. The molecule has 0 aliphatic heterocycles. The van der Waals surface area contributed by atoms with Crippen LogP contribution in [0.2, 0.25) is 0 Å². The van der Waals surface area contributed by atoms with Crippen LogP contribution >= 0.6 is 0 Å². The molecule has 3 nitrogen and oxygen atoms in total. The van der Waals surface area contributed by atoms with Gasteiger partial charge in [0, 0.05) is 26.1 Å². The first-order valence-electron chi connectivity index (χ1n) is 4.37. The fraction of sp³-hybridized carbons (Fsp3) is 0.889. The molecule has 0 amide bonds. The molecule has 2 saturated carbocycles. The molecule has 2 rings (SSSR count). The van der Waals surface area contributed by atoms with Crippen molar-refractivity contribution in [2.45, 2.75) is 25.0 Å². The van der Waals surface area contributed by atoms with Crippen molar-refractivity contribution in [3.63, 3.8) is 0 Å². The van der Waals surface area contributed by atoms with Crippen molar-refractivity contribution in [1.82, 2.24) is 0 Å². The third-order valence-electron chi connectivity index (χ3n) is 2.80. The van der Waals surface area contributed by atoms with Crippen molar-refractivity contribution in [3.8, 4) is 0 Å². The predicted octanol–water partition coefficient (Wildman–Crippen LogP) is 0.625. The van der Waals surface area contributed by atoms with E-state index in [4.69, 9.17) is 9.47 Å². The van der Waals surface area contributed by atoms with Gasteiger partial charge in [0.15, 0.2) is 0 Å². The van der Waals surface area contributed by atoms with E-state index in [0.29, 0.717) is 5.78 Å². The molecule has 0 spiro atoms. The summed E-state index contributed by atoms with van der Waals surface area (Å²) in [6.07, 6.45) is 2.25. The number of hydrogen-bond acceptors (Lipinski definition) is 3. The second-order valence-electron chi connectivity index (χ2n) is 3.64. The van der Waals surface area contributed by atoms with E-state index >= 15 is 0 Å². The van der Waals surface area contributed by atoms with Crippen LogP contribution in [0.25, 0.3) is 0 Å². The molecular weight excluding hydrogens is 156 g/mol. The van der Waals surface area contributed by atoms with Crippen molar-refractivity contribution in [1.29, 1.82) is 0 Å². The number of rotatable bonds is 4. The Bertz CT molecular complexity index is 182. The topological polar surface area (TPSA) is 35.5 Å². The van der Waals surface area contributed by atoms with Gasteiger partial charge >= 0.3 is 0 Å². The summed E-state index contributed by atoms with van der Waals surface area (Å²) in [7, 11) is 3.33. The molecule has 0 aromatic rings. The van der Waals surface area contributed by atoms with Gasteiger partial charge in [-0.3, -0.25) is 4.79 Å². The zero-order chi connectivity index (χ0) is 8.72. The van der Waals surface area contributed by atoms with E-state index in [9.17, 15) is 4.79 Å². The maximum Gasteiger partial charge on any atom is 0.144 e. The van der Waals surface area contributed by atoms with Gasteiger partial charge in [-0.1, -0.05) is 0 Å². The second kappa shape index (κ2) is 2.82. The number of hydrogen-bond donors (Lipinski definition) is 0. The summed E-state index contributed by atoms with van der Waals surface area (Å²) < 4.78 is 10.2. The summed E-state index contributed by atoms with van der Waals surface area (Å²) in [6, 6.07) is 0. The van der Waals surface area contributed by atoms with Crippen molar-refractivity contribution in [2.75, 3.05) is 14.2 Å². The molecule has 12 heavy (non-hydrogen) atoms. The van der Waals surface area contributed by atoms with Gasteiger partial charge in [-0.15, -0.1) is 0 Å². The lowest BCUT2D eigenvalue weighted by atomic mass is 10.2. The summed E-state index contributed by atoms with van der Waals surface area (Å²) >= 11 is 0. The number of ketones is 1. The van der Waals surface area contributed by atoms with E-state index in [0.717, 1.165) is 12.8 Å².